The lowest BCUT2D eigenvalue weighted by atomic mass is 9.71. The van der Waals surface area contributed by atoms with Gasteiger partial charge >= 0.3 is 0 Å². The van der Waals surface area contributed by atoms with E-state index in [9.17, 15) is 0 Å². The van der Waals surface area contributed by atoms with Gasteiger partial charge in [0.15, 0.2) is 0 Å². The number of aryl methyl sites for hydroxylation is 2. The minimum Gasteiger partial charge on any atom is -0.483 e. The van der Waals surface area contributed by atoms with Gasteiger partial charge in [-0.15, -0.1) is 0 Å². The summed E-state index contributed by atoms with van der Waals surface area (Å²) in [6.07, 6.45) is 0.985. The molecule has 21 heavy (non-hydrogen) atoms. The fraction of sp³-hybridized carbons (Fsp3) is 0.400. The Bertz CT molecular complexity index is 667. The van der Waals surface area contributed by atoms with Crippen LogP contribution in [0.5, 0.6) is 5.75 Å². The summed E-state index contributed by atoms with van der Waals surface area (Å²) >= 11 is 0. The molecular weight excluding hydrogens is 256 g/mol. The van der Waals surface area contributed by atoms with E-state index in [4.69, 9.17) is 4.74 Å². The van der Waals surface area contributed by atoms with E-state index in [0.717, 1.165) is 12.2 Å². The van der Waals surface area contributed by atoms with Gasteiger partial charge in [0.1, 0.15) is 11.4 Å². The first kappa shape index (κ1) is 14.2. The van der Waals surface area contributed by atoms with Crippen molar-refractivity contribution in [1.29, 1.82) is 0 Å². The molecule has 0 saturated heterocycles. The first-order valence-electron chi connectivity index (χ1n) is 7.67. The molecule has 0 radical (unpaired) electrons. The largest absolute Gasteiger partial charge is 0.483 e. The zero-order valence-corrected chi connectivity index (χ0v) is 13.7. The number of fused-ring (bicyclic) bond motifs is 1. The fourth-order valence-electron chi connectivity index (χ4n) is 3.56. The molecular formula is C20H24O. The molecule has 0 aromatic heterocycles. The van der Waals surface area contributed by atoms with Crippen LogP contribution in [-0.4, -0.2) is 0 Å². The van der Waals surface area contributed by atoms with Crippen molar-refractivity contribution in [3.63, 3.8) is 0 Å². The number of hydrogen-bond acceptors (Lipinski definition) is 1. The molecule has 1 aliphatic heterocycles. The van der Waals surface area contributed by atoms with Crippen molar-refractivity contribution in [2.45, 2.75) is 52.1 Å². The smallest absolute Gasteiger partial charge is 0.132 e. The molecule has 0 bridgehead atoms. The van der Waals surface area contributed by atoms with Gasteiger partial charge in [0, 0.05) is 6.42 Å². The highest BCUT2D eigenvalue weighted by molar-refractivity contribution is 5.45. The van der Waals surface area contributed by atoms with Gasteiger partial charge in [-0.2, -0.15) is 0 Å². The summed E-state index contributed by atoms with van der Waals surface area (Å²) in [7, 11) is 0. The summed E-state index contributed by atoms with van der Waals surface area (Å²) < 4.78 is 6.46. The predicted molar refractivity (Wildman–Crippen MR) is 88.0 cm³/mol. The van der Waals surface area contributed by atoms with Crippen LogP contribution in [0.25, 0.3) is 0 Å². The number of benzene rings is 2. The maximum Gasteiger partial charge on any atom is 0.132 e. The second-order valence-electron chi connectivity index (χ2n) is 7.26. The van der Waals surface area contributed by atoms with Crippen molar-refractivity contribution in [3.05, 3.63) is 64.7 Å². The SMILES string of the molecule is Cc1ccc(C2(C)CC(C)(C)c3ccc(C)cc3O2)cc1. The van der Waals surface area contributed by atoms with Gasteiger partial charge in [-0.05, 0) is 48.9 Å². The van der Waals surface area contributed by atoms with E-state index in [1.165, 1.54) is 22.3 Å². The lowest BCUT2D eigenvalue weighted by molar-refractivity contribution is 0.0324. The monoisotopic (exact) mass is 280 g/mol. The Balaban J connectivity index is 2.09. The zero-order chi connectivity index (χ0) is 15.3. The van der Waals surface area contributed by atoms with Crippen molar-refractivity contribution in [2.24, 2.45) is 0 Å². The Morgan fingerprint density at radius 1 is 0.857 bits per heavy atom. The summed E-state index contributed by atoms with van der Waals surface area (Å²) in [5, 5.41) is 0. The van der Waals surface area contributed by atoms with Crippen molar-refractivity contribution < 1.29 is 4.74 Å². The molecule has 0 aliphatic carbocycles. The first-order chi connectivity index (χ1) is 9.80. The molecule has 3 rings (SSSR count). The van der Waals surface area contributed by atoms with Crippen molar-refractivity contribution in [3.8, 4) is 5.75 Å². The van der Waals surface area contributed by atoms with Crippen LogP contribution in [0.3, 0.4) is 0 Å². The van der Waals surface area contributed by atoms with Crippen molar-refractivity contribution in [2.75, 3.05) is 0 Å². The van der Waals surface area contributed by atoms with E-state index in [1.54, 1.807) is 0 Å². The van der Waals surface area contributed by atoms with Crippen LogP contribution in [0.2, 0.25) is 0 Å². The second kappa shape index (κ2) is 4.62. The summed E-state index contributed by atoms with van der Waals surface area (Å²) in [5.74, 6) is 1.04. The molecule has 1 atom stereocenters. The van der Waals surface area contributed by atoms with Crippen LogP contribution in [-0.2, 0) is 11.0 Å². The van der Waals surface area contributed by atoms with Crippen LogP contribution >= 0.6 is 0 Å². The second-order valence-corrected chi connectivity index (χ2v) is 7.26. The van der Waals surface area contributed by atoms with Gasteiger partial charge in [-0.1, -0.05) is 55.8 Å². The van der Waals surface area contributed by atoms with E-state index in [1.807, 2.05) is 0 Å². The van der Waals surface area contributed by atoms with Crippen LogP contribution in [0.15, 0.2) is 42.5 Å². The predicted octanol–water partition coefficient (Wildman–Crippen LogP) is 5.28. The molecule has 0 amide bonds. The number of hydrogen-bond donors (Lipinski definition) is 0. The van der Waals surface area contributed by atoms with Crippen LogP contribution in [0.1, 0.15) is 49.4 Å². The molecule has 0 fully saturated rings. The van der Waals surface area contributed by atoms with E-state index in [2.05, 4.69) is 77.1 Å². The fourth-order valence-corrected chi connectivity index (χ4v) is 3.56. The van der Waals surface area contributed by atoms with Crippen LogP contribution < -0.4 is 4.74 Å². The molecule has 0 N–H and O–H groups in total. The summed E-state index contributed by atoms with van der Waals surface area (Å²) in [5.41, 5.74) is 4.95. The first-order valence-corrected chi connectivity index (χ1v) is 7.67. The van der Waals surface area contributed by atoms with Crippen LogP contribution in [0.4, 0.5) is 0 Å². The summed E-state index contributed by atoms with van der Waals surface area (Å²) in [4.78, 5) is 0. The molecule has 2 aromatic rings. The normalized spacial score (nSPS) is 23.3. The topological polar surface area (TPSA) is 9.23 Å². The molecule has 1 nitrogen and oxygen atoms in total. The van der Waals surface area contributed by atoms with Gasteiger partial charge in [0.25, 0.3) is 0 Å². The maximum absolute atomic E-state index is 6.46. The molecule has 1 heteroatoms. The minimum atomic E-state index is -0.266. The average molecular weight is 280 g/mol. The number of rotatable bonds is 1. The maximum atomic E-state index is 6.46. The van der Waals surface area contributed by atoms with E-state index >= 15 is 0 Å². The van der Waals surface area contributed by atoms with Gasteiger partial charge in [-0.3, -0.25) is 0 Å². The zero-order valence-electron chi connectivity index (χ0n) is 13.7. The van der Waals surface area contributed by atoms with Crippen LogP contribution in [0, 0.1) is 13.8 Å². The van der Waals surface area contributed by atoms with Gasteiger partial charge < -0.3 is 4.74 Å². The molecule has 110 valence electrons. The highest BCUT2D eigenvalue weighted by Gasteiger charge is 2.42. The third kappa shape index (κ3) is 2.46. The standard InChI is InChI=1S/C20H24O/c1-14-6-9-16(10-7-14)20(5)13-19(3,4)17-11-8-15(2)12-18(17)21-20/h6-12H,13H2,1-5H3. The van der Waals surface area contributed by atoms with Gasteiger partial charge in [0.2, 0.25) is 0 Å². The third-order valence-electron chi connectivity index (χ3n) is 4.64. The van der Waals surface area contributed by atoms with Gasteiger partial charge in [0.05, 0.1) is 0 Å². The molecule has 0 spiro atoms. The highest BCUT2D eigenvalue weighted by Crippen LogP contribution is 2.48. The molecule has 1 unspecified atom stereocenters. The lowest BCUT2D eigenvalue weighted by Crippen LogP contribution is -2.41. The molecule has 1 aliphatic rings. The Labute approximate surface area is 128 Å². The summed E-state index contributed by atoms with van der Waals surface area (Å²) in [6, 6.07) is 15.3. The van der Waals surface area contributed by atoms with E-state index in [-0.39, 0.29) is 11.0 Å². The Kier molecular flexibility index (Phi) is 3.12. The average Bonchev–Trinajstić information content (AvgIpc) is 2.37. The summed E-state index contributed by atoms with van der Waals surface area (Å²) in [6.45, 7) is 11.1. The van der Waals surface area contributed by atoms with Crippen molar-refractivity contribution in [1.82, 2.24) is 0 Å². The minimum absolute atomic E-state index is 0.112. The quantitative estimate of drug-likeness (QED) is 0.690. The lowest BCUT2D eigenvalue weighted by Gasteiger charge is -2.44. The molecule has 1 heterocycles. The van der Waals surface area contributed by atoms with E-state index in [0.29, 0.717) is 0 Å². The van der Waals surface area contributed by atoms with E-state index < -0.39 is 0 Å². The Morgan fingerprint density at radius 3 is 2.14 bits per heavy atom. The Hall–Kier alpha value is -1.76. The highest BCUT2D eigenvalue weighted by atomic mass is 16.5. The number of ether oxygens (including phenoxy) is 1. The molecule has 0 saturated carbocycles. The Morgan fingerprint density at radius 2 is 1.48 bits per heavy atom. The molecule has 2 aromatic carbocycles. The van der Waals surface area contributed by atoms with Gasteiger partial charge in [-0.25, -0.2) is 0 Å². The third-order valence-corrected chi connectivity index (χ3v) is 4.64. The van der Waals surface area contributed by atoms with Crippen molar-refractivity contribution >= 4 is 0 Å².